The van der Waals surface area contributed by atoms with E-state index in [1.165, 1.54) is 18.9 Å². The van der Waals surface area contributed by atoms with Gasteiger partial charge in [0.25, 0.3) is 0 Å². The van der Waals surface area contributed by atoms with E-state index in [2.05, 4.69) is 16.5 Å². The topological polar surface area (TPSA) is 63.8 Å². The Morgan fingerprint density at radius 3 is 3.00 bits per heavy atom. The summed E-state index contributed by atoms with van der Waals surface area (Å²) in [6.07, 6.45) is 4.63. The van der Waals surface area contributed by atoms with Crippen LogP contribution in [0, 0.1) is 11.8 Å². The van der Waals surface area contributed by atoms with Crippen molar-refractivity contribution < 1.29 is 23.1 Å². The number of hydrogen-bond donors (Lipinski definition) is 1. The number of ether oxygens (including phenoxy) is 3. The summed E-state index contributed by atoms with van der Waals surface area (Å²) in [5.74, 6) is -0.377. The van der Waals surface area contributed by atoms with Gasteiger partial charge < -0.3 is 19.2 Å². The largest absolute Gasteiger partial charge is 0.504 e. The fourth-order valence-electron chi connectivity index (χ4n) is 4.98. The number of aromatic nitrogens is 1. The number of H-pyrrole nitrogens is 1. The van der Waals surface area contributed by atoms with Crippen LogP contribution in [0.15, 0.2) is 42.7 Å². The van der Waals surface area contributed by atoms with Crippen molar-refractivity contribution in [3.63, 3.8) is 0 Å². The zero-order chi connectivity index (χ0) is 23.0. The van der Waals surface area contributed by atoms with E-state index in [1.807, 2.05) is 24.3 Å². The van der Waals surface area contributed by atoms with Crippen LogP contribution in [0.5, 0.6) is 5.75 Å². The summed E-state index contributed by atoms with van der Waals surface area (Å²) < 4.78 is 37.4. The first-order chi connectivity index (χ1) is 15.3. The van der Waals surface area contributed by atoms with E-state index in [0.29, 0.717) is 13.0 Å². The van der Waals surface area contributed by atoms with Crippen LogP contribution in [0.2, 0.25) is 0 Å². The average Bonchev–Trinajstić information content (AvgIpc) is 3.14. The van der Waals surface area contributed by atoms with Crippen molar-refractivity contribution in [2.24, 2.45) is 11.8 Å². The molecule has 2 aliphatic rings. The number of fused-ring (bicyclic) bond motifs is 5. The van der Waals surface area contributed by atoms with Crippen LogP contribution in [0.3, 0.4) is 0 Å². The highest BCUT2D eigenvalue weighted by Crippen LogP contribution is 2.46. The smallest absolute Gasteiger partial charge is 0.337 e. The van der Waals surface area contributed by atoms with Crippen LogP contribution >= 0.6 is 0 Å². The molecule has 1 aromatic heterocycles. The number of methoxy groups -OCH3 is 3. The van der Waals surface area contributed by atoms with E-state index in [1.54, 1.807) is 7.11 Å². The Labute approximate surface area is 175 Å². The highest BCUT2D eigenvalue weighted by atomic mass is 16.5. The first-order valence-corrected chi connectivity index (χ1v) is 9.77. The lowest BCUT2D eigenvalue weighted by Crippen LogP contribution is -2.46. The Morgan fingerprint density at radius 2 is 2.28 bits per heavy atom. The lowest BCUT2D eigenvalue weighted by Gasteiger charge is -2.45. The number of hydrogen-bond acceptors (Lipinski definition) is 5. The van der Waals surface area contributed by atoms with E-state index in [9.17, 15) is 4.79 Å². The summed E-state index contributed by atoms with van der Waals surface area (Å²) >= 11 is 0. The van der Waals surface area contributed by atoms with Crippen molar-refractivity contribution in [2.45, 2.75) is 18.9 Å². The van der Waals surface area contributed by atoms with Crippen LogP contribution in [-0.4, -0.2) is 50.2 Å². The summed E-state index contributed by atoms with van der Waals surface area (Å²) in [4.78, 5) is 18.7. The number of benzene rings is 1. The molecule has 1 N–H and O–H groups in total. The molecule has 0 aliphatic carbocycles. The van der Waals surface area contributed by atoms with Crippen LogP contribution in [0.25, 0.3) is 10.9 Å². The monoisotopic (exact) mass is 399 g/mol. The van der Waals surface area contributed by atoms with Crippen molar-refractivity contribution >= 4 is 16.9 Å². The van der Waals surface area contributed by atoms with Gasteiger partial charge in [-0.2, -0.15) is 0 Å². The second kappa shape index (κ2) is 7.95. The number of piperidine rings is 1. The molecular formula is C23H28N2O4. The van der Waals surface area contributed by atoms with Crippen LogP contribution in [0.1, 0.15) is 27.8 Å². The van der Waals surface area contributed by atoms with Crippen molar-refractivity contribution in [3.8, 4) is 5.75 Å². The zero-order valence-electron chi connectivity index (χ0n) is 19.7. The van der Waals surface area contributed by atoms with Gasteiger partial charge in [0.05, 0.1) is 43.2 Å². The maximum atomic E-state index is 12.7. The van der Waals surface area contributed by atoms with Gasteiger partial charge in [-0.1, -0.05) is 12.1 Å². The zero-order valence-corrected chi connectivity index (χ0v) is 16.7. The minimum Gasteiger partial charge on any atom is -0.504 e. The van der Waals surface area contributed by atoms with E-state index in [4.69, 9.17) is 18.3 Å². The summed E-state index contributed by atoms with van der Waals surface area (Å²) in [6.45, 7) is 5.55. The third-order valence-electron chi connectivity index (χ3n) is 6.28. The van der Waals surface area contributed by atoms with Gasteiger partial charge >= 0.3 is 5.97 Å². The van der Waals surface area contributed by atoms with Gasteiger partial charge in [0.15, 0.2) is 0 Å². The standard InChI is InChI=1S/C23H28N2O4/c1-5-14-12-25-10-9-15-21-18(7-6-8-20(21)28-3)24-22(15)19(25)11-16(14)17(13-27-2)23(26)29-4/h5-8,13-14,16,19,24H,1,9-12H2,2-4H3/b17-13+/t14-,16-,19-/m0/s1/i4D3. The molecule has 3 heterocycles. The Bertz CT molecular complexity index is 1060. The number of rotatable bonds is 5. The molecule has 4 rings (SSSR count). The van der Waals surface area contributed by atoms with Crippen LogP contribution in [0.4, 0.5) is 0 Å². The predicted molar refractivity (Wildman–Crippen MR) is 112 cm³/mol. The molecule has 0 bridgehead atoms. The maximum absolute atomic E-state index is 12.7. The van der Waals surface area contributed by atoms with E-state index >= 15 is 0 Å². The quantitative estimate of drug-likeness (QED) is 0.360. The Morgan fingerprint density at radius 1 is 1.41 bits per heavy atom. The highest BCUT2D eigenvalue weighted by molar-refractivity contribution is 5.91. The van der Waals surface area contributed by atoms with E-state index in [0.717, 1.165) is 35.3 Å². The van der Waals surface area contributed by atoms with Crippen LogP contribution in [-0.2, 0) is 20.7 Å². The Hall–Kier alpha value is -2.73. The first kappa shape index (κ1) is 16.1. The molecule has 1 aromatic carbocycles. The molecular weight excluding hydrogens is 368 g/mol. The molecule has 0 spiro atoms. The number of carbonyl (C=O) groups is 1. The van der Waals surface area contributed by atoms with Gasteiger partial charge in [0.2, 0.25) is 0 Å². The van der Waals surface area contributed by atoms with E-state index < -0.39 is 13.0 Å². The second-order valence-electron chi connectivity index (χ2n) is 7.60. The lowest BCUT2D eigenvalue weighted by atomic mass is 9.75. The minimum absolute atomic E-state index is 0.0397. The molecule has 2 aromatic rings. The predicted octanol–water partition coefficient (Wildman–Crippen LogP) is 3.60. The molecule has 1 fully saturated rings. The molecule has 6 heteroatoms. The number of esters is 1. The normalized spacial score (nSPS) is 26.5. The van der Waals surface area contributed by atoms with Crippen molar-refractivity contribution in [1.29, 1.82) is 0 Å². The molecule has 29 heavy (non-hydrogen) atoms. The van der Waals surface area contributed by atoms with Gasteiger partial charge in [-0.05, 0) is 36.5 Å². The molecule has 0 saturated carbocycles. The fourth-order valence-corrected chi connectivity index (χ4v) is 4.98. The van der Waals surface area contributed by atoms with Gasteiger partial charge in [-0.15, -0.1) is 6.58 Å². The van der Waals surface area contributed by atoms with E-state index in [-0.39, 0.29) is 23.5 Å². The van der Waals surface area contributed by atoms with Gasteiger partial charge in [-0.25, -0.2) is 4.79 Å². The molecule has 3 atom stereocenters. The molecule has 0 radical (unpaired) electrons. The second-order valence-corrected chi connectivity index (χ2v) is 7.60. The molecule has 0 unspecified atom stereocenters. The first-order valence-electron chi connectivity index (χ1n) is 11.3. The number of nitrogens with zero attached hydrogens (tertiary/aromatic N) is 1. The lowest BCUT2D eigenvalue weighted by molar-refractivity contribution is -0.137. The van der Waals surface area contributed by atoms with Gasteiger partial charge in [0.1, 0.15) is 5.75 Å². The highest BCUT2D eigenvalue weighted by Gasteiger charge is 2.42. The number of nitrogens with one attached hydrogen (secondary N) is 1. The number of carbonyl (C=O) groups excluding carboxylic acids is 1. The fraction of sp³-hybridized carbons (Fsp3) is 0.435. The summed E-state index contributed by atoms with van der Waals surface area (Å²) in [5.41, 5.74) is 3.59. The SMILES string of the molecule is [2H]C([2H])([2H])OC(=O)/C(=C/OC)[C@H]1C[C@H]2c3[nH]c4cccc(OC)c4c3CCN2C[C@@H]1C=C. The van der Waals surface area contributed by atoms with Crippen molar-refractivity contribution in [2.75, 3.05) is 34.3 Å². The molecule has 0 amide bonds. The van der Waals surface area contributed by atoms with Gasteiger partial charge in [0, 0.05) is 35.6 Å². The molecule has 2 aliphatic heterocycles. The summed E-state index contributed by atoms with van der Waals surface area (Å²) in [6, 6.07) is 6.00. The van der Waals surface area contributed by atoms with Gasteiger partial charge in [-0.3, -0.25) is 4.90 Å². The molecule has 154 valence electrons. The maximum Gasteiger partial charge on any atom is 0.337 e. The Kier molecular flexibility index (Phi) is 4.42. The summed E-state index contributed by atoms with van der Waals surface area (Å²) in [5, 5.41) is 1.10. The number of aromatic amines is 1. The van der Waals surface area contributed by atoms with Crippen molar-refractivity contribution in [3.05, 3.63) is 53.9 Å². The average molecular weight is 400 g/mol. The molecule has 6 nitrogen and oxygen atoms in total. The van der Waals surface area contributed by atoms with Crippen LogP contribution < -0.4 is 4.74 Å². The third-order valence-corrected chi connectivity index (χ3v) is 6.28. The molecule has 1 saturated heterocycles. The third kappa shape index (κ3) is 3.21. The minimum atomic E-state index is -2.82. The van der Waals surface area contributed by atoms with Crippen molar-refractivity contribution in [1.82, 2.24) is 9.88 Å². The summed E-state index contributed by atoms with van der Waals surface area (Å²) in [7, 11) is 0.288. The Balaban J connectivity index is 1.73.